The van der Waals surface area contributed by atoms with E-state index in [0.29, 0.717) is 0 Å². The van der Waals surface area contributed by atoms with Crippen LogP contribution in [0.15, 0.2) is 0 Å². The van der Waals surface area contributed by atoms with Crippen molar-refractivity contribution in [1.29, 1.82) is 0 Å². The van der Waals surface area contributed by atoms with Crippen molar-refractivity contribution in [2.45, 2.75) is 151 Å². The zero-order valence-corrected chi connectivity index (χ0v) is 21.8. The van der Waals surface area contributed by atoms with Crippen molar-refractivity contribution in [2.75, 3.05) is 0 Å². The van der Waals surface area contributed by atoms with Crippen LogP contribution >= 0.6 is 0 Å². The molecule has 0 fully saturated rings. The van der Waals surface area contributed by atoms with Gasteiger partial charge in [0.2, 0.25) is 5.79 Å². The molecule has 0 bridgehead atoms. The molecule has 0 rings (SSSR count). The van der Waals surface area contributed by atoms with Crippen molar-refractivity contribution in [1.82, 2.24) is 0 Å². The first-order valence-electron chi connectivity index (χ1n) is 11.6. The molecule has 0 amide bonds. The maximum absolute atomic E-state index is 5.93. The highest BCUT2D eigenvalue weighted by Gasteiger charge is 2.37. The highest BCUT2D eigenvalue weighted by Crippen LogP contribution is 2.35. The van der Waals surface area contributed by atoms with Gasteiger partial charge in [0.15, 0.2) is 0 Å². The SMILES string of the molecule is CCCCCCCC(C)(OOC(C)(C)CC(C)(C)C)OOC(C)(C)CC(C)(C)C. The molecule has 4 nitrogen and oxygen atoms in total. The summed E-state index contributed by atoms with van der Waals surface area (Å²) in [6, 6.07) is 0. The Morgan fingerprint density at radius 2 is 0.862 bits per heavy atom. The van der Waals surface area contributed by atoms with Crippen molar-refractivity contribution < 1.29 is 19.6 Å². The summed E-state index contributed by atoms with van der Waals surface area (Å²) in [5.74, 6) is -0.934. The van der Waals surface area contributed by atoms with Gasteiger partial charge in [-0.05, 0) is 64.7 Å². The molecule has 0 aromatic rings. The van der Waals surface area contributed by atoms with Gasteiger partial charge >= 0.3 is 0 Å². The van der Waals surface area contributed by atoms with E-state index < -0.39 is 17.0 Å². The first-order chi connectivity index (χ1) is 12.9. The second-order valence-corrected chi connectivity index (χ2v) is 12.6. The van der Waals surface area contributed by atoms with E-state index in [1.807, 2.05) is 6.92 Å². The molecule has 0 N–H and O–H groups in total. The van der Waals surface area contributed by atoms with Crippen LogP contribution in [0.1, 0.15) is 134 Å². The van der Waals surface area contributed by atoms with Crippen LogP contribution < -0.4 is 0 Å². The summed E-state index contributed by atoms with van der Waals surface area (Å²) in [5.41, 5.74) is -0.525. The van der Waals surface area contributed by atoms with Gasteiger partial charge in [-0.15, -0.1) is 0 Å². The van der Waals surface area contributed by atoms with Crippen LogP contribution in [0.25, 0.3) is 0 Å². The van der Waals surface area contributed by atoms with E-state index in [1.165, 1.54) is 19.3 Å². The van der Waals surface area contributed by atoms with Crippen molar-refractivity contribution in [2.24, 2.45) is 10.8 Å². The molecule has 0 atom stereocenters. The maximum Gasteiger partial charge on any atom is 0.231 e. The monoisotopic (exact) mass is 416 g/mol. The Labute approximate surface area is 182 Å². The lowest BCUT2D eigenvalue weighted by atomic mass is 9.84. The molecule has 0 saturated heterocycles. The zero-order chi connectivity index (χ0) is 23.0. The second kappa shape index (κ2) is 11.5. The number of hydrogen-bond acceptors (Lipinski definition) is 4. The lowest BCUT2D eigenvalue weighted by molar-refractivity contribution is -0.541. The summed E-state index contributed by atoms with van der Waals surface area (Å²) < 4.78 is 0. The Balaban J connectivity index is 5.00. The van der Waals surface area contributed by atoms with Crippen molar-refractivity contribution in [3.63, 3.8) is 0 Å². The molecule has 4 heteroatoms. The predicted octanol–water partition coefficient (Wildman–Crippen LogP) is 8.39. The van der Waals surface area contributed by atoms with Crippen LogP contribution in [0.3, 0.4) is 0 Å². The van der Waals surface area contributed by atoms with Gasteiger partial charge in [0.25, 0.3) is 0 Å². The number of unbranched alkanes of at least 4 members (excludes halogenated alkanes) is 4. The van der Waals surface area contributed by atoms with E-state index in [2.05, 4.69) is 76.2 Å². The Kier molecular flexibility index (Phi) is 11.4. The molecule has 0 aliphatic carbocycles. The topological polar surface area (TPSA) is 36.9 Å². The third-order valence-corrected chi connectivity index (χ3v) is 4.53. The Morgan fingerprint density at radius 1 is 0.483 bits per heavy atom. The second-order valence-electron chi connectivity index (χ2n) is 12.6. The van der Waals surface area contributed by atoms with Gasteiger partial charge in [0, 0.05) is 6.42 Å². The van der Waals surface area contributed by atoms with Crippen LogP contribution in [0.5, 0.6) is 0 Å². The molecule has 0 radical (unpaired) electrons. The molecular formula is C25H52O4. The van der Waals surface area contributed by atoms with Gasteiger partial charge < -0.3 is 0 Å². The molecule has 0 aromatic heterocycles. The van der Waals surface area contributed by atoms with Crippen molar-refractivity contribution in [3.8, 4) is 0 Å². The largest absolute Gasteiger partial charge is 0.231 e. The highest BCUT2D eigenvalue weighted by atomic mass is 17.3. The van der Waals surface area contributed by atoms with Crippen LogP contribution in [-0.2, 0) is 19.6 Å². The van der Waals surface area contributed by atoms with Gasteiger partial charge in [0.1, 0.15) is 0 Å². The first-order valence-corrected chi connectivity index (χ1v) is 11.6. The minimum atomic E-state index is -0.934. The molecule has 176 valence electrons. The Bertz CT molecular complexity index is 409. The lowest BCUT2D eigenvalue weighted by Crippen LogP contribution is -2.41. The van der Waals surface area contributed by atoms with Gasteiger partial charge in [-0.1, -0.05) is 74.1 Å². The average Bonchev–Trinajstić information content (AvgIpc) is 2.47. The molecule has 0 aliphatic rings. The normalized spacial score (nSPS) is 14.5. The average molecular weight is 417 g/mol. The fourth-order valence-electron chi connectivity index (χ4n) is 4.16. The summed E-state index contributed by atoms with van der Waals surface area (Å²) in [6.45, 7) is 25.6. The van der Waals surface area contributed by atoms with E-state index in [0.717, 1.165) is 32.1 Å². The van der Waals surface area contributed by atoms with Crippen LogP contribution in [0.2, 0.25) is 0 Å². The van der Waals surface area contributed by atoms with Crippen molar-refractivity contribution in [3.05, 3.63) is 0 Å². The highest BCUT2D eigenvalue weighted by molar-refractivity contribution is 4.77. The van der Waals surface area contributed by atoms with Gasteiger partial charge in [0.05, 0.1) is 11.2 Å². The zero-order valence-electron chi connectivity index (χ0n) is 21.8. The molecule has 0 spiro atoms. The number of hydrogen-bond donors (Lipinski definition) is 0. The summed E-state index contributed by atoms with van der Waals surface area (Å²) >= 11 is 0. The maximum atomic E-state index is 5.93. The van der Waals surface area contributed by atoms with Gasteiger partial charge in [-0.3, -0.25) is 0 Å². The smallest absolute Gasteiger partial charge is 0.228 e. The number of rotatable bonds is 14. The van der Waals surface area contributed by atoms with E-state index in [9.17, 15) is 0 Å². The Morgan fingerprint density at radius 3 is 1.21 bits per heavy atom. The fourth-order valence-corrected chi connectivity index (χ4v) is 4.16. The molecule has 0 heterocycles. The van der Waals surface area contributed by atoms with Gasteiger partial charge in [-0.25, -0.2) is 9.78 Å². The molecule has 0 unspecified atom stereocenters. The fraction of sp³-hybridized carbons (Fsp3) is 1.00. The van der Waals surface area contributed by atoms with Crippen LogP contribution in [0.4, 0.5) is 0 Å². The van der Waals surface area contributed by atoms with E-state index in [4.69, 9.17) is 19.6 Å². The quantitative estimate of drug-likeness (QED) is 0.123. The third kappa shape index (κ3) is 16.2. The molecule has 29 heavy (non-hydrogen) atoms. The van der Waals surface area contributed by atoms with Crippen LogP contribution in [-0.4, -0.2) is 17.0 Å². The molecule has 0 aromatic carbocycles. The lowest BCUT2D eigenvalue weighted by Gasteiger charge is -2.37. The van der Waals surface area contributed by atoms with E-state index in [1.54, 1.807) is 0 Å². The predicted molar refractivity (Wildman–Crippen MR) is 122 cm³/mol. The summed E-state index contributed by atoms with van der Waals surface area (Å²) in [5, 5.41) is 0. The molecular weight excluding hydrogens is 364 g/mol. The van der Waals surface area contributed by atoms with Gasteiger partial charge in [-0.2, -0.15) is 9.78 Å². The minimum absolute atomic E-state index is 0.148. The minimum Gasteiger partial charge on any atom is -0.228 e. The molecule has 0 saturated carbocycles. The van der Waals surface area contributed by atoms with E-state index in [-0.39, 0.29) is 10.8 Å². The van der Waals surface area contributed by atoms with Crippen molar-refractivity contribution >= 4 is 0 Å². The van der Waals surface area contributed by atoms with Crippen LogP contribution in [0, 0.1) is 10.8 Å². The summed E-state index contributed by atoms with van der Waals surface area (Å²) in [7, 11) is 0. The Hall–Kier alpha value is -0.160. The molecule has 0 aliphatic heterocycles. The van der Waals surface area contributed by atoms with E-state index >= 15 is 0 Å². The summed E-state index contributed by atoms with van der Waals surface area (Å²) in [6.07, 6.45) is 8.40. The first kappa shape index (κ1) is 28.8. The standard InChI is InChI=1S/C25H52O4/c1-13-14-15-16-17-18-25(12,28-26-23(8,9)19-21(2,3)4)29-27-24(10,11)20-22(5,6)7/h13-20H2,1-12H3. The third-order valence-electron chi connectivity index (χ3n) is 4.53. The summed E-state index contributed by atoms with van der Waals surface area (Å²) in [4.78, 5) is 23.7.